The molecule has 0 unspecified atom stereocenters. The number of benzene rings is 3. The normalized spacial score (nSPS) is 18.3. The Hall–Kier alpha value is -3.49. The van der Waals surface area contributed by atoms with Crippen LogP contribution in [0.25, 0.3) is 0 Å². The van der Waals surface area contributed by atoms with Crippen molar-refractivity contribution in [1.29, 1.82) is 0 Å². The summed E-state index contributed by atoms with van der Waals surface area (Å²) in [5, 5.41) is 2.36. The number of anilines is 1. The Bertz CT molecular complexity index is 1170. The summed E-state index contributed by atoms with van der Waals surface area (Å²) in [7, 11) is 0. The third kappa shape index (κ3) is 3.57. The highest BCUT2D eigenvalue weighted by atomic mass is 19.4. The number of fused-ring (bicyclic) bond motifs is 1. The first-order valence-electron chi connectivity index (χ1n) is 9.38. The van der Waals surface area contributed by atoms with E-state index in [2.05, 4.69) is 10.1 Å². The van der Waals surface area contributed by atoms with Crippen molar-refractivity contribution in [3.8, 4) is 5.75 Å². The molecule has 1 aliphatic heterocycles. The molecule has 0 aliphatic carbocycles. The summed E-state index contributed by atoms with van der Waals surface area (Å²) in [5.41, 5.74) is -1.57. The Labute approximate surface area is 178 Å². The molecule has 0 fully saturated rings. The van der Waals surface area contributed by atoms with Crippen molar-refractivity contribution in [1.82, 2.24) is 0 Å². The fourth-order valence-electron chi connectivity index (χ4n) is 4.02. The number of carbonyl (C=O) groups excluding carboxylic acids is 1. The average molecular weight is 451 g/mol. The lowest BCUT2D eigenvalue weighted by molar-refractivity contribution is -0.274. The van der Waals surface area contributed by atoms with Crippen molar-refractivity contribution in [3.05, 3.63) is 94.5 Å². The molecule has 3 nitrogen and oxygen atoms in total. The molecule has 1 heterocycles. The molecule has 0 aromatic heterocycles. The van der Waals surface area contributed by atoms with Crippen LogP contribution in [0.3, 0.4) is 0 Å². The van der Waals surface area contributed by atoms with Gasteiger partial charge in [0.1, 0.15) is 11.2 Å². The number of hydrogen-bond donors (Lipinski definition) is 1. The molecular formula is C23H15F6NO2. The summed E-state index contributed by atoms with van der Waals surface area (Å²) in [4.78, 5) is 13.3. The summed E-state index contributed by atoms with van der Waals surface area (Å²) < 4.78 is 82.4. The summed E-state index contributed by atoms with van der Waals surface area (Å²) in [6, 6.07) is 14.7. The van der Waals surface area contributed by atoms with Crippen LogP contribution in [0.15, 0.2) is 66.7 Å². The van der Waals surface area contributed by atoms with Gasteiger partial charge in [-0.1, -0.05) is 54.1 Å². The maximum Gasteiger partial charge on any atom is 0.573 e. The maximum absolute atomic E-state index is 13.6. The van der Waals surface area contributed by atoms with Crippen molar-refractivity contribution >= 4 is 11.6 Å². The Balaban J connectivity index is 1.97. The molecule has 0 radical (unpaired) electrons. The lowest BCUT2D eigenvalue weighted by Gasteiger charge is -2.29. The van der Waals surface area contributed by atoms with Crippen LogP contribution in [0, 0.1) is 6.92 Å². The molecule has 0 saturated carbocycles. The molecule has 9 heteroatoms. The van der Waals surface area contributed by atoms with Gasteiger partial charge in [-0.3, -0.25) is 4.79 Å². The average Bonchev–Trinajstić information content (AvgIpc) is 3.00. The summed E-state index contributed by atoms with van der Waals surface area (Å²) in [6.45, 7) is 1.81. The molecule has 3 aromatic carbocycles. The topological polar surface area (TPSA) is 38.3 Å². The van der Waals surface area contributed by atoms with Crippen LogP contribution in [0.5, 0.6) is 5.75 Å². The number of nitrogens with one attached hydrogen (secondary N) is 1. The SMILES string of the molecule is Cc1ccc([C@]2(c3ccc(OC(F)(F)F)cc3)C(=O)Nc3c(C(F)(F)F)cccc32)cc1. The van der Waals surface area contributed by atoms with Gasteiger partial charge < -0.3 is 10.1 Å². The van der Waals surface area contributed by atoms with Gasteiger partial charge in [-0.05, 0) is 36.2 Å². The van der Waals surface area contributed by atoms with Gasteiger partial charge in [-0.15, -0.1) is 13.2 Å². The van der Waals surface area contributed by atoms with E-state index < -0.39 is 35.2 Å². The lowest BCUT2D eigenvalue weighted by atomic mass is 9.70. The molecule has 32 heavy (non-hydrogen) atoms. The van der Waals surface area contributed by atoms with Gasteiger partial charge in [-0.2, -0.15) is 13.2 Å². The molecule has 0 saturated heterocycles. The van der Waals surface area contributed by atoms with Crippen molar-refractivity contribution in [2.24, 2.45) is 0 Å². The van der Waals surface area contributed by atoms with Gasteiger partial charge >= 0.3 is 12.5 Å². The van der Waals surface area contributed by atoms with Crippen LogP contribution >= 0.6 is 0 Å². The minimum absolute atomic E-state index is 0.0608. The van der Waals surface area contributed by atoms with Gasteiger partial charge in [0.2, 0.25) is 5.91 Å². The van der Waals surface area contributed by atoms with Gasteiger partial charge in [0.25, 0.3) is 0 Å². The van der Waals surface area contributed by atoms with E-state index in [1.807, 2.05) is 6.92 Å². The second kappa shape index (κ2) is 7.29. The maximum atomic E-state index is 13.6. The molecule has 0 spiro atoms. The van der Waals surface area contributed by atoms with Gasteiger partial charge in [0.15, 0.2) is 0 Å². The monoisotopic (exact) mass is 451 g/mol. The molecule has 1 atom stereocenters. The van der Waals surface area contributed by atoms with Crippen molar-refractivity contribution < 1.29 is 35.9 Å². The van der Waals surface area contributed by atoms with Crippen LogP contribution < -0.4 is 10.1 Å². The number of rotatable bonds is 3. The number of halogens is 6. The number of amides is 1. The molecule has 4 rings (SSSR count). The standard InChI is InChI=1S/C23H15F6NO2/c1-13-5-7-14(8-6-13)21(15-9-11-16(12-10-15)32-23(27,28)29)17-3-2-4-18(22(24,25)26)19(17)30-20(21)31/h2-12H,1H3,(H,30,31)/t21-/m1/s1. The van der Waals surface area contributed by atoms with E-state index in [1.54, 1.807) is 24.3 Å². The highest BCUT2D eigenvalue weighted by Crippen LogP contribution is 2.51. The molecular weight excluding hydrogens is 436 g/mol. The zero-order valence-corrected chi connectivity index (χ0v) is 16.4. The molecule has 1 aliphatic rings. The van der Waals surface area contributed by atoms with Crippen LogP contribution in [0.4, 0.5) is 32.0 Å². The predicted molar refractivity (Wildman–Crippen MR) is 104 cm³/mol. The summed E-state index contributed by atoms with van der Waals surface area (Å²) in [6.07, 6.45) is -9.62. The third-order valence-electron chi connectivity index (χ3n) is 5.36. The number of alkyl halides is 6. The number of para-hydroxylation sites is 1. The lowest BCUT2D eigenvalue weighted by Crippen LogP contribution is -2.37. The van der Waals surface area contributed by atoms with Crippen molar-refractivity contribution in [2.75, 3.05) is 5.32 Å². The zero-order chi connectivity index (χ0) is 23.3. The first-order chi connectivity index (χ1) is 14.9. The summed E-state index contributed by atoms with van der Waals surface area (Å²) in [5.74, 6) is -1.25. The number of carbonyl (C=O) groups is 1. The van der Waals surface area contributed by atoms with Crippen LogP contribution in [-0.4, -0.2) is 12.3 Å². The number of ether oxygens (including phenoxy) is 1. The van der Waals surface area contributed by atoms with Crippen LogP contribution in [0.2, 0.25) is 0 Å². The van der Waals surface area contributed by atoms with E-state index in [1.165, 1.54) is 24.3 Å². The Kier molecular flexibility index (Phi) is 4.95. The summed E-state index contributed by atoms with van der Waals surface area (Å²) >= 11 is 0. The number of hydrogen-bond acceptors (Lipinski definition) is 2. The van der Waals surface area contributed by atoms with Crippen LogP contribution in [-0.2, 0) is 16.4 Å². The minimum Gasteiger partial charge on any atom is -0.406 e. The highest BCUT2D eigenvalue weighted by Gasteiger charge is 2.52. The fraction of sp³-hybridized carbons (Fsp3) is 0.174. The highest BCUT2D eigenvalue weighted by molar-refractivity contribution is 6.12. The Morgan fingerprint density at radius 2 is 1.38 bits per heavy atom. The molecule has 166 valence electrons. The van der Waals surface area contributed by atoms with E-state index in [-0.39, 0.29) is 16.8 Å². The molecule has 0 bridgehead atoms. The quantitative estimate of drug-likeness (QED) is 0.482. The largest absolute Gasteiger partial charge is 0.573 e. The second-order valence-electron chi connectivity index (χ2n) is 7.37. The number of aryl methyl sites for hydroxylation is 1. The van der Waals surface area contributed by atoms with E-state index in [9.17, 15) is 31.1 Å². The Morgan fingerprint density at radius 1 is 0.812 bits per heavy atom. The Morgan fingerprint density at radius 3 is 1.91 bits per heavy atom. The van der Waals surface area contributed by atoms with Gasteiger partial charge in [0.05, 0.1) is 11.3 Å². The molecule has 3 aromatic rings. The van der Waals surface area contributed by atoms with E-state index in [4.69, 9.17) is 0 Å². The first-order valence-corrected chi connectivity index (χ1v) is 9.38. The van der Waals surface area contributed by atoms with Crippen LogP contribution in [0.1, 0.15) is 27.8 Å². The van der Waals surface area contributed by atoms with Gasteiger partial charge in [0, 0.05) is 5.56 Å². The van der Waals surface area contributed by atoms with Crippen molar-refractivity contribution in [3.63, 3.8) is 0 Å². The van der Waals surface area contributed by atoms with E-state index >= 15 is 0 Å². The predicted octanol–water partition coefficient (Wildman–Crippen LogP) is 6.20. The molecule has 1 N–H and O–H groups in total. The first kappa shape index (κ1) is 21.7. The zero-order valence-electron chi connectivity index (χ0n) is 16.4. The fourth-order valence-corrected chi connectivity index (χ4v) is 4.02. The van der Waals surface area contributed by atoms with Gasteiger partial charge in [-0.25, -0.2) is 0 Å². The van der Waals surface area contributed by atoms with Crippen molar-refractivity contribution in [2.45, 2.75) is 24.9 Å². The van der Waals surface area contributed by atoms with E-state index in [0.717, 1.165) is 23.8 Å². The smallest absolute Gasteiger partial charge is 0.406 e. The minimum atomic E-state index is -4.91. The second-order valence-corrected chi connectivity index (χ2v) is 7.37. The van der Waals surface area contributed by atoms with E-state index in [0.29, 0.717) is 5.56 Å². The molecule has 1 amide bonds. The third-order valence-corrected chi connectivity index (χ3v) is 5.36.